The lowest BCUT2D eigenvalue weighted by Gasteiger charge is -2.12. The molecule has 0 aliphatic carbocycles. The van der Waals surface area contributed by atoms with Crippen LogP contribution in [-0.2, 0) is 0 Å². The van der Waals surface area contributed by atoms with Crippen LogP contribution in [0.2, 0.25) is 10.0 Å². The van der Waals surface area contributed by atoms with Crippen LogP contribution >= 0.6 is 23.2 Å². The van der Waals surface area contributed by atoms with Crippen LogP contribution in [0.25, 0.3) is 0 Å². The van der Waals surface area contributed by atoms with Crippen LogP contribution in [0.3, 0.4) is 0 Å². The molecular formula is C11H13Cl2N. The average Bonchev–Trinajstić information content (AvgIpc) is 2.51. The minimum Gasteiger partial charge on any atom is -0.310 e. The first-order valence-electron chi connectivity index (χ1n) is 4.85. The van der Waals surface area contributed by atoms with E-state index in [1.807, 2.05) is 18.2 Å². The molecule has 3 heteroatoms. The van der Waals surface area contributed by atoms with Crippen molar-refractivity contribution in [3.05, 3.63) is 33.8 Å². The second-order valence-corrected chi connectivity index (χ2v) is 4.81. The molecular weight excluding hydrogens is 217 g/mol. The number of nitrogens with one attached hydrogen (secondary N) is 1. The van der Waals surface area contributed by atoms with Crippen molar-refractivity contribution in [3.8, 4) is 0 Å². The fraction of sp³-hybridized carbons (Fsp3) is 0.455. The van der Waals surface area contributed by atoms with Gasteiger partial charge in [-0.05, 0) is 36.6 Å². The number of benzene rings is 1. The van der Waals surface area contributed by atoms with Gasteiger partial charge in [0.1, 0.15) is 0 Å². The third-order valence-corrected chi connectivity index (χ3v) is 3.25. The van der Waals surface area contributed by atoms with Gasteiger partial charge < -0.3 is 5.32 Å². The van der Waals surface area contributed by atoms with Gasteiger partial charge in [-0.25, -0.2) is 0 Å². The Labute approximate surface area is 94.4 Å². The first-order valence-corrected chi connectivity index (χ1v) is 5.60. The third-order valence-electron chi connectivity index (χ3n) is 2.69. The fourth-order valence-corrected chi connectivity index (χ4v) is 2.47. The highest BCUT2D eigenvalue weighted by atomic mass is 35.5. The Morgan fingerprint density at radius 1 is 1.36 bits per heavy atom. The summed E-state index contributed by atoms with van der Waals surface area (Å²) in [6.45, 7) is 3.32. The molecule has 1 fully saturated rings. The molecule has 1 heterocycles. The van der Waals surface area contributed by atoms with Gasteiger partial charge in [-0.1, -0.05) is 36.2 Å². The van der Waals surface area contributed by atoms with Crippen LogP contribution < -0.4 is 5.32 Å². The van der Waals surface area contributed by atoms with Crippen molar-refractivity contribution in [1.29, 1.82) is 0 Å². The van der Waals surface area contributed by atoms with Crippen LogP contribution in [0.4, 0.5) is 0 Å². The standard InChI is InChI=1S/C11H13Cl2N/c1-7-4-11(14-6-7)9-3-2-8(12)5-10(9)13/h2-3,5,7,11,14H,4,6H2,1H3/t7-,11-/m0/s1. The molecule has 76 valence electrons. The van der Waals surface area contributed by atoms with E-state index in [1.54, 1.807) is 0 Å². The van der Waals surface area contributed by atoms with Crippen molar-refractivity contribution in [1.82, 2.24) is 5.32 Å². The zero-order chi connectivity index (χ0) is 10.1. The summed E-state index contributed by atoms with van der Waals surface area (Å²) >= 11 is 12.0. The molecule has 0 bridgehead atoms. The van der Waals surface area contributed by atoms with E-state index >= 15 is 0 Å². The normalized spacial score (nSPS) is 26.8. The monoisotopic (exact) mass is 229 g/mol. The van der Waals surface area contributed by atoms with Gasteiger partial charge in [-0.3, -0.25) is 0 Å². The molecule has 14 heavy (non-hydrogen) atoms. The van der Waals surface area contributed by atoms with E-state index in [-0.39, 0.29) is 0 Å². The smallest absolute Gasteiger partial charge is 0.0468 e. The molecule has 2 rings (SSSR count). The quantitative estimate of drug-likeness (QED) is 0.776. The summed E-state index contributed by atoms with van der Waals surface area (Å²) in [5, 5.41) is 4.92. The Morgan fingerprint density at radius 2 is 2.14 bits per heavy atom. The SMILES string of the molecule is C[C@@H]1CN[C@H](c2ccc(Cl)cc2Cl)C1. The van der Waals surface area contributed by atoms with Crippen LogP contribution in [-0.4, -0.2) is 6.54 Å². The molecule has 0 amide bonds. The van der Waals surface area contributed by atoms with E-state index in [9.17, 15) is 0 Å². The second kappa shape index (κ2) is 4.09. The minimum atomic E-state index is 0.398. The third kappa shape index (κ3) is 2.05. The zero-order valence-corrected chi connectivity index (χ0v) is 9.57. The predicted octanol–water partition coefficient (Wildman–Crippen LogP) is 3.66. The lowest BCUT2D eigenvalue weighted by Crippen LogP contribution is -2.13. The van der Waals surface area contributed by atoms with Crippen molar-refractivity contribution in [2.75, 3.05) is 6.54 Å². The summed E-state index contributed by atoms with van der Waals surface area (Å²) in [5.41, 5.74) is 1.17. The summed E-state index contributed by atoms with van der Waals surface area (Å²) < 4.78 is 0. The van der Waals surface area contributed by atoms with Gasteiger partial charge in [0.25, 0.3) is 0 Å². The van der Waals surface area contributed by atoms with Crippen molar-refractivity contribution in [3.63, 3.8) is 0 Å². The lowest BCUT2D eigenvalue weighted by atomic mass is 10.0. The highest BCUT2D eigenvalue weighted by Crippen LogP contribution is 2.32. The van der Waals surface area contributed by atoms with Crippen molar-refractivity contribution in [2.45, 2.75) is 19.4 Å². The van der Waals surface area contributed by atoms with Gasteiger partial charge in [0.05, 0.1) is 0 Å². The molecule has 0 spiro atoms. The molecule has 1 saturated heterocycles. The van der Waals surface area contributed by atoms with Gasteiger partial charge in [0, 0.05) is 16.1 Å². The van der Waals surface area contributed by atoms with Crippen LogP contribution in [0.1, 0.15) is 24.9 Å². The highest BCUT2D eigenvalue weighted by Gasteiger charge is 2.23. The number of halogens is 2. The van der Waals surface area contributed by atoms with Gasteiger partial charge >= 0.3 is 0 Å². The number of rotatable bonds is 1. The molecule has 1 aliphatic rings. The maximum absolute atomic E-state index is 6.13. The van der Waals surface area contributed by atoms with Gasteiger partial charge in [0.2, 0.25) is 0 Å². The molecule has 1 aromatic rings. The molecule has 1 nitrogen and oxygen atoms in total. The molecule has 0 saturated carbocycles. The first-order chi connectivity index (χ1) is 6.66. The molecule has 0 radical (unpaired) electrons. The highest BCUT2D eigenvalue weighted by molar-refractivity contribution is 6.35. The van der Waals surface area contributed by atoms with E-state index in [0.29, 0.717) is 11.1 Å². The summed E-state index contributed by atoms with van der Waals surface area (Å²) in [4.78, 5) is 0. The Kier molecular flexibility index (Phi) is 3.01. The number of hydrogen-bond donors (Lipinski definition) is 1. The zero-order valence-electron chi connectivity index (χ0n) is 8.06. The van der Waals surface area contributed by atoms with Crippen LogP contribution in [0.15, 0.2) is 18.2 Å². The van der Waals surface area contributed by atoms with E-state index in [4.69, 9.17) is 23.2 Å². The Hall–Kier alpha value is -0.240. The molecule has 1 aliphatic heterocycles. The fourth-order valence-electron chi connectivity index (χ4n) is 1.93. The minimum absolute atomic E-state index is 0.398. The first kappa shape index (κ1) is 10.3. The van der Waals surface area contributed by atoms with Crippen molar-refractivity contribution < 1.29 is 0 Å². The molecule has 0 aromatic heterocycles. The van der Waals surface area contributed by atoms with Crippen LogP contribution in [0.5, 0.6) is 0 Å². The van der Waals surface area contributed by atoms with E-state index < -0.39 is 0 Å². The predicted molar refractivity (Wildman–Crippen MR) is 61.0 cm³/mol. The molecule has 0 unspecified atom stereocenters. The summed E-state index contributed by atoms with van der Waals surface area (Å²) in [6, 6.07) is 6.12. The molecule has 2 atom stereocenters. The lowest BCUT2D eigenvalue weighted by molar-refractivity contribution is 0.612. The molecule has 1 aromatic carbocycles. The maximum atomic E-state index is 6.13. The Bertz CT molecular complexity index is 338. The summed E-state index contributed by atoms with van der Waals surface area (Å²) in [7, 11) is 0. The van der Waals surface area contributed by atoms with Crippen molar-refractivity contribution >= 4 is 23.2 Å². The van der Waals surface area contributed by atoms with E-state index in [2.05, 4.69) is 12.2 Å². The van der Waals surface area contributed by atoms with Gasteiger partial charge in [-0.2, -0.15) is 0 Å². The Balaban J connectivity index is 2.24. The van der Waals surface area contributed by atoms with Gasteiger partial charge in [0.15, 0.2) is 0 Å². The van der Waals surface area contributed by atoms with Gasteiger partial charge in [-0.15, -0.1) is 0 Å². The van der Waals surface area contributed by atoms with E-state index in [0.717, 1.165) is 23.9 Å². The maximum Gasteiger partial charge on any atom is 0.0468 e. The average molecular weight is 230 g/mol. The largest absolute Gasteiger partial charge is 0.310 e. The van der Waals surface area contributed by atoms with Crippen molar-refractivity contribution in [2.24, 2.45) is 5.92 Å². The number of hydrogen-bond acceptors (Lipinski definition) is 1. The summed E-state index contributed by atoms with van der Waals surface area (Å²) in [6.07, 6.45) is 1.15. The second-order valence-electron chi connectivity index (χ2n) is 3.97. The van der Waals surface area contributed by atoms with Crippen LogP contribution in [0, 0.1) is 5.92 Å². The van der Waals surface area contributed by atoms with E-state index in [1.165, 1.54) is 5.56 Å². The summed E-state index contributed by atoms with van der Waals surface area (Å²) in [5.74, 6) is 0.728. The molecule has 1 N–H and O–H groups in total. The topological polar surface area (TPSA) is 12.0 Å². The Morgan fingerprint density at radius 3 is 2.71 bits per heavy atom.